The monoisotopic (exact) mass is 294 g/mol. The van der Waals surface area contributed by atoms with E-state index >= 15 is 0 Å². The number of methoxy groups -OCH3 is 1. The number of nitrogens with two attached hydrogens (primary N) is 1. The molecule has 1 fully saturated rings. The van der Waals surface area contributed by atoms with Crippen LogP contribution in [0.1, 0.15) is 56.8 Å². The zero-order valence-electron chi connectivity index (χ0n) is 13.7. The molecule has 0 radical (unpaired) electrons. The minimum atomic E-state index is -0.151. The molecule has 0 saturated heterocycles. The van der Waals surface area contributed by atoms with E-state index in [9.17, 15) is 0 Å². The fourth-order valence-corrected chi connectivity index (χ4v) is 3.67. The van der Waals surface area contributed by atoms with Crippen molar-refractivity contribution < 1.29 is 4.74 Å². The molecule has 1 aliphatic carbocycles. The number of hydrazine groups is 1. The summed E-state index contributed by atoms with van der Waals surface area (Å²) in [7, 11) is 1.83. The zero-order chi connectivity index (χ0) is 15.3. The minimum absolute atomic E-state index is 0.127. The molecule has 3 N–H and O–H groups in total. The van der Waals surface area contributed by atoms with Gasteiger partial charge in [0.15, 0.2) is 0 Å². The van der Waals surface area contributed by atoms with Gasteiger partial charge < -0.3 is 4.74 Å². The largest absolute Gasteiger partial charge is 0.377 e. The fraction of sp³-hybridized carbons (Fsp3) is 0.812. The van der Waals surface area contributed by atoms with Crippen molar-refractivity contribution in [3.63, 3.8) is 0 Å². The molecule has 5 nitrogen and oxygen atoms in total. The minimum Gasteiger partial charge on any atom is -0.377 e. The number of ether oxygens (including phenoxy) is 1. The maximum atomic E-state index is 5.99. The molecule has 1 aliphatic rings. The van der Waals surface area contributed by atoms with Crippen LogP contribution in [-0.4, -0.2) is 28.5 Å². The molecular formula is C16H30N4O. The molecule has 120 valence electrons. The summed E-state index contributed by atoms with van der Waals surface area (Å²) in [6.45, 7) is 5.05. The quantitative estimate of drug-likeness (QED) is 0.480. The van der Waals surface area contributed by atoms with Crippen LogP contribution in [0.25, 0.3) is 0 Å². The summed E-state index contributed by atoms with van der Waals surface area (Å²) in [4.78, 5) is 0. The SMILES string of the molecule is CCn1nc(C)cc1CC(NN)C1(OC)CCCCCC1. The standard InChI is InChI=1S/C16H30N4O/c1-4-20-14(11-13(2)19-20)12-15(18-17)16(21-3)9-7-5-6-8-10-16/h11,15,18H,4-10,12,17H2,1-3H3. The number of hydrogen-bond donors (Lipinski definition) is 2. The predicted octanol–water partition coefficient (Wildman–Crippen LogP) is 2.33. The second-order valence-electron chi connectivity index (χ2n) is 6.20. The van der Waals surface area contributed by atoms with Gasteiger partial charge in [-0.25, -0.2) is 0 Å². The smallest absolute Gasteiger partial charge is 0.0848 e. The van der Waals surface area contributed by atoms with Crippen molar-refractivity contribution in [3.8, 4) is 0 Å². The molecule has 1 atom stereocenters. The van der Waals surface area contributed by atoms with Crippen molar-refractivity contribution in [1.82, 2.24) is 15.2 Å². The molecule has 0 spiro atoms. The summed E-state index contributed by atoms with van der Waals surface area (Å²) in [6.07, 6.45) is 8.06. The molecule has 5 heteroatoms. The van der Waals surface area contributed by atoms with Gasteiger partial charge in [-0.1, -0.05) is 25.7 Å². The van der Waals surface area contributed by atoms with E-state index in [-0.39, 0.29) is 11.6 Å². The van der Waals surface area contributed by atoms with Crippen LogP contribution in [0, 0.1) is 6.92 Å². The van der Waals surface area contributed by atoms with Gasteiger partial charge in [0.2, 0.25) is 0 Å². The first-order valence-corrected chi connectivity index (χ1v) is 8.20. The lowest BCUT2D eigenvalue weighted by Crippen LogP contribution is -2.55. The maximum Gasteiger partial charge on any atom is 0.0848 e. The molecule has 2 rings (SSSR count). The average Bonchev–Trinajstić information content (AvgIpc) is 2.71. The second-order valence-corrected chi connectivity index (χ2v) is 6.20. The van der Waals surface area contributed by atoms with Crippen molar-refractivity contribution in [1.29, 1.82) is 0 Å². The molecule has 1 saturated carbocycles. The Morgan fingerprint density at radius 2 is 2.05 bits per heavy atom. The number of aromatic nitrogens is 2. The van der Waals surface area contributed by atoms with Crippen LogP contribution in [0.15, 0.2) is 6.07 Å². The second kappa shape index (κ2) is 7.38. The van der Waals surface area contributed by atoms with E-state index in [0.717, 1.165) is 31.5 Å². The Morgan fingerprint density at radius 3 is 2.57 bits per heavy atom. The van der Waals surface area contributed by atoms with Crippen LogP contribution < -0.4 is 11.3 Å². The number of aryl methyl sites for hydroxylation is 2. The molecule has 1 unspecified atom stereocenters. The fourth-order valence-electron chi connectivity index (χ4n) is 3.67. The van der Waals surface area contributed by atoms with Crippen molar-refractivity contribution >= 4 is 0 Å². The Kier molecular flexibility index (Phi) is 5.79. The summed E-state index contributed by atoms with van der Waals surface area (Å²) in [5.74, 6) is 5.90. The third kappa shape index (κ3) is 3.65. The van der Waals surface area contributed by atoms with Crippen molar-refractivity contribution in [2.75, 3.05) is 7.11 Å². The molecule has 1 aromatic heterocycles. The lowest BCUT2D eigenvalue weighted by Gasteiger charge is -2.39. The molecule has 0 aromatic carbocycles. The van der Waals surface area contributed by atoms with Gasteiger partial charge in [-0.2, -0.15) is 5.10 Å². The Bertz CT molecular complexity index is 435. The lowest BCUT2D eigenvalue weighted by atomic mass is 9.84. The Morgan fingerprint density at radius 1 is 1.38 bits per heavy atom. The Hall–Kier alpha value is -0.910. The maximum absolute atomic E-state index is 5.99. The van der Waals surface area contributed by atoms with Gasteiger partial charge in [0.25, 0.3) is 0 Å². The summed E-state index contributed by atoms with van der Waals surface area (Å²) < 4.78 is 8.06. The number of nitrogens with one attached hydrogen (secondary N) is 1. The Labute approximate surface area is 128 Å². The van der Waals surface area contributed by atoms with E-state index in [0.29, 0.717) is 0 Å². The molecule has 0 bridgehead atoms. The van der Waals surface area contributed by atoms with Gasteiger partial charge in [-0.3, -0.25) is 16.0 Å². The highest BCUT2D eigenvalue weighted by Crippen LogP contribution is 2.34. The molecular weight excluding hydrogens is 264 g/mol. The van der Waals surface area contributed by atoms with E-state index < -0.39 is 0 Å². The van der Waals surface area contributed by atoms with E-state index in [1.165, 1.54) is 31.4 Å². The summed E-state index contributed by atoms with van der Waals surface area (Å²) in [5.41, 5.74) is 5.18. The number of rotatable bonds is 6. The van der Waals surface area contributed by atoms with Gasteiger partial charge in [0, 0.05) is 25.8 Å². The molecule has 1 heterocycles. The molecule has 0 amide bonds. The highest BCUT2D eigenvalue weighted by Gasteiger charge is 2.39. The zero-order valence-corrected chi connectivity index (χ0v) is 13.7. The van der Waals surface area contributed by atoms with Crippen LogP contribution in [0.2, 0.25) is 0 Å². The highest BCUT2D eigenvalue weighted by atomic mass is 16.5. The number of hydrogen-bond acceptors (Lipinski definition) is 4. The third-order valence-electron chi connectivity index (χ3n) is 4.89. The van der Waals surface area contributed by atoms with Crippen LogP contribution in [0.3, 0.4) is 0 Å². The predicted molar refractivity (Wildman–Crippen MR) is 84.9 cm³/mol. The summed E-state index contributed by atoms with van der Waals surface area (Å²) in [6, 6.07) is 2.29. The van der Waals surface area contributed by atoms with Crippen LogP contribution in [-0.2, 0) is 17.7 Å². The first-order valence-electron chi connectivity index (χ1n) is 8.20. The molecule has 21 heavy (non-hydrogen) atoms. The van der Waals surface area contributed by atoms with Crippen LogP contribution in [0.4, 0.5) is 0 Å². The topological polar surface area (TPSA) is 65.1 Å². The normalized spacial score (nSPS) is 20.2. The van der Waals surface area contributed by atoms with E-state index in [1.54, 1.807) is 0 Å². The first-order chi connectivity index (χ1) is 10.1. The van der Waals surface area contributed by atoms with Crippen molar-refractivity contribution in [3.05, 3.63) is 17.5 Å². The van der Waals surface area contributed by atoms with Gasteiger partial charge in [-0.05, 0) is 32.8 Å². The lowest BCUT2D eigenvalue weighted by molar-refractivity contribution is -0.0531. The Balaban J connectivity index is 2.20. The molecule has 0 aliphatic heterocycles. The van der Waals surface area contributed by atoms with Gasteiger partial charge >= 0.3 is 0 Å². The van der Waals surface area contributed by atoms with Crippen LogP contribution in [0.5, 0.6) is 0 Å². The van der Waals surface area contributed by atoms with E-state index in [4.69, 9.17) is 10.6 Å². The average molecular weight is 294 g/mol. The third-order valence-corrected chi connectivity index (χ3v) is 4.89. The van der Waals surface area contributed by atoms with E-state index in [2.05, 4.69) is 28.2 Å². The van der Waals surface area contributed by atoms with Crippen molar-refractivity contribution in [2.45, 2.75) is 77.0 Å². The van der Waals surface area contributed by atoms with E-state index in [1.807, 2.05) is 14.0 Å². The highest BCUT2D eigenvalue weighted by molar-refractivity contribution is 5.12. The van der Waals surface area contributed by atoms with Gasteiger partial charge in [0.05, 0.1) is 17.3 Å². The van der Waals surface area contributed by atoms with Gasteiger partial charge in [0.1, 0.15) is 0 Å². The van der Waals surface area contributed by atoms with Crippen LogP contribution >= 0.6 is 0 Å². The molecule has 1 aromatic rings. The summed E-state index contributed by atoms with van der Waals surface area (Å²) in [5, 5.41) is 4.54. The van der Waals surface area contributed by atoms with Crippen molar-refractivity contribution in [2.24, 2.45) is 5.84 Å². The first kappa shape index (κ1) is 16.5. The number of nitrogens with zero attached hydrogens (tertiary/aromatic N) is 2. The summed E-state index contributed by atoms with van der Waals surface area (Å²) >= 11 is 0. The van der Waals surface area contributed by atoms with Gasteiger partial charge in [-0.15, -0.1) is 0 Å².